The van der Waals surface area contributed by atoms with E-state index in [9.17, 15) is 17.6 Å². The number of halogens is 1. The van der Waals surface area contributed by atoms with Crippen molar-refractivity contribution in [2.45, 2.75) is 6.92 Å². The van der Waals surface area contributed by atoms with Gasteiger partial charge in [-0.25, -0.2) is 12.8 Å². The van der Waals surface area contributed by atoms with E-state index in [0.717, 1.165) is 6.26 Å². The number of H-pyrrole nitrogens is 1. The van der Waals surface area contributed by atoms with Gasteiger partial charge in [-0.05, 0) is 43.3 Å². The molecule has 0 unspecified atom stereocenters. The molecule has 3 aromatic rings. The zero-order valence-electron chi connectivity index (χ0n) is 14.6. The molecule has 0 radical (unpaired) electrons. The van der Waals surface area contributed by atoms with E-state index in [-0.39, 0.29) is 5.56 Å². The molecule has 27 heavy (non-hydrogen) atoms. The van der Waals surface area contributed by atoms with Crippen LogP contribution >= 0.6 is 0 Å². The van der Waals surface area contributed by atoms with Crippen LogP contribution in [-0.4, -0.2) is 19.7 Å². The summed E-state index contributed by atoms with van der Waals surface area (Å²) in [4.78, 5) is 14.3. The van der Waals surface area contributed by atoms with E-state index < -0.39 is 15.8 Å². The van der Waals surface area contributed by atoms with Crippen LogP contribution in [0.2, 0.25) is 0 Å². The number of benzene rings is 2. The topological polar surface area (TPSA) is 88.3 Å². The smallest absolute Gasteiger partial charge is 0.250 e. The number of rotatable bonds is 5. The summed E-state index contributed by atoms with van der Waals surface area (Å²) in [6.07, 6.45) is 2.56. The van der Waals surface area contributed by atoms with Gasteiger partial charge in [0.25, 0.3) is 5.56 Å². The summed E-state index contributed by atoms with van der Waals surface area (Å²) in [6, 6.07) is 12.0. The van der Waals surface area contributed by atoms with Gasteiger partial charge < -0.3 is 9.72 Å². The highest BCUT2D eigenvalue weighted by Crippen LogP contribution is 2.35. The summed E-state index contributed by atoms with van der Waals surface area (Å²) < 4.78 is 44.7. The van der Waals surface area contributed by atoms with Crippen molar-refractivity contribution in [1.82, 2.24) is 4.98 Å². The molecule has 0 aliphatic heterocycles. The summed E-state index contributed by atoms with van der Waals surface area (Å²) in [6.45, 7) is 1.66. The van der Waals surface area contributed by atoms with Crippen LogP contribution in [-0.2, 0) is 10.0 Å². The van der Waals surface area contributed by atoms with Crippen LogP contribution in [0.15, 0.2) is 59.5 Å². The van der Waals surface area contributed by atoms with E-state index >= 15 is 0 Å². The number of aromatic amines is 1. The highest BCUT2D eigenvalue weighted by molar-refractivity contribution is 7.92. The number of anilines is 1. The predicted molar refractivity (Wildman–Crippen MR) is 102 cm³/mol. The molecule has 0 saturated carbocycles. The number of hydrogen-bond acceptors (Lipinski definition) is 4. The number of pyridine rings is 1. The van der Waals surface area contributed by atoms with Gasteiger partial charge in [0.05, 0.1) is 6.26 Å². The molecule has 8 heteroatoms. The van der Waals surface area contributed by atoms with Crippen molar-refractivity contribution in [1.29, 1.82) is 0 Å². The molecule has 0 amide bonds. The van der Waals surface area contributed by atoms with Crippen LogP contribution in [0.3, 0.4) is 0 Å². The first-order chi connectivity index (χ1) is 12.7. The van der Waals surface area contributed by atoms with Gasteiger partial charge >= 0.3 is 0 Å². The fourth-order valence-electron chi connectivity index (χ4n) is 2.53. The van der Waals surface area contributed by atoms with E-state index in [0.29, 0.717) is 33.9 Å². The van der Waals surface area contributed by atoms with Crippen molar-refractivity contribution >= 4 is 15.7 Å². The molecule has 0 saturated heterocycles. The molecule has 1 heterocycles. The predicted octanol–water partition coefficient (Wildman–Crippen LogP) is 3.65. The Morgan fingerprint density at radius 3 is 2.56 bits per heavy atom. The van der Waals surface area contributed by atoms with Crippen LogP contribution in [0.25, 0.3) is 11.1 Å². The number of ether oxygens (including phenoxy) is 1. The Hall–Kier alpha value is -3.13. The lowest BCUT2D eigenvalue weighted by atomic mass is 10.0. The van der Waals surface area contributed by atoms with Gasteiger partial charge in [-0.3, -0.25) is 9.52 Å². The molecule has 2 N–H and O–H groups in total. The summed E-state index contributed by atoms with van der Waals surface area (Å²) in [5.41, 5.74) is 1.76. The minimum absolute atomic E-state index is 0.225. The van der Waals surface area contributed by atoms with Gasteiger partial charge in [-0.1, -0.05) is 6.07 Å². The van der Waals surface area contributed by atoms with Gasteiger partial charge in [-0.2, -0.15) is 0 Å². The third kappa shape index (κ3) is 4.73. The monoisotopic (exact) mass is 388 g/mol. The fraction of sp³-hybridized carbons (Fsp3) is 0.105. The number of aryl methyl sites for hydroxylation is 1. The van der Waals surface area contributed by atoms with Gasteiger partial charge in [-0.15, -0.1) is 0 Å². The second kappa shape index (κ2) is 7.24. The fourth-order valence-corrected chi connectivity index (χ4v) is 3.09. The third-order valence-electron chi connectivity index (χ3n) is 3.71. The highest BCUT2D eigenvalue weighted by atomic mass is 32.2. The zero-order chi connectivity index (χ0) is 19.6. The Morgan fingerprint density at radius 1 is 1.11 bits per heavy atom. The van der Waals surface area contributed by atoms with E-state index in [1.165, 1.54) is 30.5 Å². The molecule has 0 atom stereocenters. The normalized spacial score (nSPS) is 11.2. The van der Waals surface area contributed by atoms with Crippen LogP contribution in [0.5, 0.6) is 11.5 Å². The maximum Gasteiger partial charge on any atom is 0.250 e. The van der Waals surface area contributed by atoms with Gasteiger partial charge in [0.15, 0.2) is 0 Å². The van der Waals surface area contributed by atoms with Gasteiger partial charge in [0.2, 0.25) is 10.0 Å². The van der Waals surface area contributed by atoms with Gasteiger partial charge in [0.1, 0.15) is 17.3 Å². The number of hydrogen-bond donors (Lipinski definition) is 2. The molecular formula is C19H17FN2O4S. The minimum atomic E-state index is -3.47. The van der Waals surface area contributed by atoms with Crippen LogP contribution in [0, 0.1) is 12.7 Å². The standard InChI is InChI=1S/C19H17FN2O4S/c1-12-8-13(11-21-19(12)23)17-10-15(22-27(2,24)25)6-7-18(17)26-16-5-3-4-14(20)9-16/h3-11,22H,1-2H3,(H,21,23). The maximum absolute atomic E-state index is 13.4. The summed E-state index contributed by atoms with van der Waals surface area (Å²) in [5, 5.41) is 0. The minimum Gasteiger partial charge on any atom is -0.457 e. The molecule has 6 nitrogen and oxygen atoms in total. The van der Waals surface area contributed by atoms with Crippen LogP contribution < -0.4 is 15.0 Å². The van der Waals surface area contributed by atoms with E-state index in [1.807, 2.05) is 0 Å². The molecule has 0 aliphatic carbocycles. The molecule has 0 bridgehead atoms. The van der Waals surface area contributed by atoms with Crippen molar-refractivity contribution in [3.05, 3.63) is 76.5 Å². The van der Waals surface area contributed by atoms with Crippen molar-refractivity contribution in [3.63, 3.8) is 0 Å². The van der Waals surface area contributed by atoms with Gasteiger partial charge in [0, 0.05) is 34.6 Å². The first-order valence-electron chi connectivity index (χ1n) is 7.96. The SMILES string of the molecule is Cc1cc(-c2cc(NS(C)(=O)=O)ccc2Oc2cccc(F)c2)c[nH]c1=O. The zero-order valence-corrected chi connectivity index (χ0v) is 15.4. The molecular weight excluding hydrogens is 371 g/mol. The molecule has 0 spiro atoms. The van der Waals surface area contributed by atoms with E-state index in [4.69, 9.17) is 4.74 Å². The Labute approximate surface area is 155 Å². The lowest BCUT2D eigenvalue weighted by molar-refractivity contribution is 0.478. The summed E-state index contributed by atoms with van der Waals surface area (Å²) >= 11 is 0. The highest BCUT2D eigenvalue weighted by Gasteiger charge is 2.12. The second-order valence-electron chi connectivity index (χ2n) is 6.05. The summed E-state index contributed by atoms with van der Waals surface area (Å²) in [7, 11) is -3.47. The van der Waals surface area contributed by atoms with Crippen molar-refractivity contribution in [2.24, 2.45) is 0 Å². The third-order valence-corrected chi connectivity index (χ3v) is 4.31. The Bertz CT molecular complexity index is 1160. The van der Waals surface area contributed by atoms with Crippen molar-refractivity contribution in [3.8, 4) is 22.6 Å². The van der Waals surface area contributed by atoms with Crippen molar-refractivity contribution in [2.75, 3.05) is 11.0 Å². The largest absolute Gasteiger partial charge is 0.457 e. The lowest BCUT2D eigenvalue weighted by Gasteiger charge is -2.14. The van der Waals surface area contributed by atoms with Crippen LogP contribution in [0.1, 0.15) is 5.56 Å². The quantitative estimate of drug-likeness (QED) is 0.698. The Balaban J connectivity index is 2.11. The average Bonchev–Trinajstić information content (AvgIpc) is 2.57. The Morgan fingerprint density at radius 2 is 1.89 bits per heavy atom. The molecule has 1 aromatic heterocycles. The number of sulfonamides is 1. The second-order valence-corrected chi connectivity index (χ2v) is 7.79. The average molecular weight is 388 g/mol. The van der Waals surface area contributed by atoms with E-state index in [1.54, 1.807) is 31.2 Å². The molecule has 140 valence electrons. The number of nitrogens with one attached hydrogen (secondary N) is 2. The number of aromatic nitrogens is 1. The van der Waals surface area contributed by atoms with E-state index in [2.05, 4.69) is 9.71 Å². The molecule has 3 rings (SSSR count). The lowest BCUT2D eigenvalue weighted by Crippen LogP contribution is -2.10. The maximum atomic E-state index is 13.4. The Kier molecular flexibility index (Phi) is 5.00. The van der Waals surface area contributed by atoms with Crippen molar-refractivity contribution < 1.29 is 17.5 Å². The first-order valence-corrected chi connectivity index (χ1v) is 9.85. The van der Waals surface area contributed by atoms with Crippen LogP contribution in [0.4, 0.5) is 10.1 Å². The molecule has 2 aromatic carbocycles. The summed E-state index contributed by atoms with van der Waals surface area (Å²) in [5.74, 6) is 0.233. The first kappa shape index (κ1) is 18.7. The molecule has 0 fully saturated rings. The molecule has 0 aliphatic rings.